The maximum atomic E-state index is 4.94. The average Bonchev–Trinajstić information content (AvgIpc) is 3.49. The quantitative estimate of drug-likeness (QED) is 0.227. The standard InChI is InChI=1S/C30H31N3P/c1-22(2)33-28-19-11-10-18-27(28)32-30(33)21-31-23(3)26-17-12-20-29(26)34(24-13-6-4-7-14-24)25-15-8-5-9-16-25/h4-20,22-23,31H,21H2,1-3H3/q-1/t23-/m0/s1. The molecule has 3 nitrogen and oxygen atoms in total. The van der Waals surface area contributed by atoms with Crippen LogP contribution >= 0.6 is 7.92 Å². The molecule has 5 aromatic rings. The second-order valence-electron chi connectivity index (χ2n) is 8.96. The smallest absolute Gasteiger partial charge is 0.124 e. The molecule has 5 rings (SSSR count). The maximum Gasteiger partial charge on any atom is 0.124 e. The molecule has 172 valence electrons. The molecule has 34 heavy (non-hydrogen) atoms. The van der Waals surface area contributed by atoms with Gasteiger partial charge in [0.25, 0.3) is 0 Å². The Hall–Kier alpha value is -3.13. The molecular formula is C30H31N3P-. The summed E-state index contributed by atoms with van der Waals surface area (Å²) >= 11 is 0. The minimum atomic E-state index is -0.621. The number of imidazole rings is 1. The van der Waals surface area contributed by atoms with Crippen LogP contribution in [0.3, 0.4) is 0 Å². The van der Waals surface area contributed by atoms with Crippen molar-refractivity contribution in [3.05, 3.63) is 115 Å². The van der Waals surface area contributed by atoms with Gasteiger partial charge < -0.3 is 9.88 Å². The van der Waals surface area contributed by atoms with Gasteiger partial charge in [0.15, 0.2) is 0 Å². The summed E-state index contributed by atoms with van der Waals surface area (Å²) < 4.78 is 2.35. The van der Waals surface area contributed by atoms with Crippen LogP contribution in [0.2, 0.25) is 0 Å². The molecule has 4 aromatic carbocycles. The number of hydrogen-bond acceptors (Lipinski definition) is 2. The normalized spacial score (nSPS) is 12.6. The Labute approximate surface area is 203 Å². The van der Waals surface area contributed by atoms with Crippen LogP contribution in [0.15, 0.2) is 103 Å². The molecule has 0 amide bonds. The van der Waals surface area contributed by atoms with Crippen LogP contribution in [0.25, 0.3) is 11.0 Å². The largest absolute Gasteiger partial charge is 0.324 e. The van der Waals surface area contributed by atoms with Crippen LogP contribution in [0.5, 0.6) is 0 Å². The van der Waals surface area contributed by atoms with Crippen LogP contribution < -0.4 is 21.2 Å². The highest BCUT2D eigenvalue weighted by atomic mass is 31.1. The zero-order valence-electron chi connectivity index (χ0n) is 20.0. The summed E-state index contributed by atoms with van der Waals surface area (Å²) in [5.74, 6) is 1.09. The number of benzene rings is 3. The molecule has 0 spiro atoms. The Kier molecular flexibility index (Phi) is 6.67. The predicted octanol–water partition coefficient (Wildman–Crippen LogP) is 5.95. The fraction of sp³-hybridized carbons (Fsp3) is 0.200. The lowest BCUT2D eigenvalue weighted by Crippen LogP contribution is -2.27. The van der Waals surface area contributed by atoms with Crippen molar-refractivity contribution in [3.8, 4) is 0 Å². The summed E-state index contributed by atoms with van der Waals surface area (Å²) in [6, 6.07) is 37.6. The average molecular weight is 465 g/mol. The van der Waals surface area contributed by atoms with E-state index >= 15 is 0 Å². The molecule has 1 N–H and O–H groups in total. The van der Waals surface area contributed by atoms with E-state index < -0.39 is 7.92 Å². The molecule has 1 heterocycles. The summed E-state index contributed by atoms with van der Waals surface area (Å²) in [4.78, 5) is 4.94. The highest BCUT2D eigenvalue weighted by Gasteiger charge is 2.18. The zero-order valence-corrected chi connectivity index (χ0v) is 20.9. The first-order chi connectivity index (χ1) is 16.6. The third-order valence-corrected chi connectivity index (χ3v) is 8.83. The molecule has 0 saturated heterocycles. The van der Waals surface area contributed by atoms with Gasteiger partial charge >= 0.3 is 0 Å². The Morgan fingerprint density at radius 2 is 1.41 bits per heavy atom. The number of rotatable bonds is 8. The number of aromatic nitrogens is 2. The highest BCUT2D eigenvalue weighted by molar-refractivity contribution is 7.79. The Bertz CT molecular complexity index is 1310. The molecular weight excluding hydrogens is 433 g/mol. The van der Waals surface area contributed by atoms with Crippen molar-refractivity contribution in [2.45, 2.75) is 39.4 Å². The number of para-hydroxylation sites is 2. The monoisotopic (exact) mass is 464 g/mol. The van der Waals surface area contributed by atoms with Crippen molar-refractivity contribution in [2.75, 3.05) is 0 Å². The fourth-order valence-electron chi connectivity index (χ4n) is 4.73. The SMILES string of the molecule is CC(C)n1c(CN[C@@H](C)[c-]2cccc2P(c2ccccc2)c2ccccc2)nc2ccccc21. The van der Waals surface area contributed by atoms with E-state index in [0.717, 1.165) is 17.9 Å². The molecule has 1 atom stereocenters. The summed E-state index contributed by atoms with van der Waals surface area (Å²) in [7, 11) is -0.621. The third-order valence-electron chi connectivity index (χ3n) is 6.31. The minimum Gasteiger partial charge on any atom is -0.324 e. The number of nitrogens with one attached hydrogen (secondary N) is 1. The van der Waals surface area contributed by atoms with Crippen LogP contribution in [0, 0.1) is 0 Å². The van der Waals surface area contributed by atoms with Crippen LogP contribution in [0.1, 0.15) is 44.2 Å². The van der Waals surface area contributed by atoms with Crippen molar-refractivity contribution in [3.63, 3.8) is 0 Å². The van der Waals surface area contributed by atoms with Crippen LogP contribution in [0.4, 0.5) is 0 Å². The molecule has 0 saturated carbocycles. The Balaban J connectivity index is 1.45. The molecule has 0 fully saturated rings. The van der Waals surface area contributed by atoms with Crippen molar-refractivity contribution in [2.24, 2.45) is 0 Å². The molecule has 0 bridgehead atoms. The summed E-state index contributed by atoms with van der Waals surface area (Å²) in [6.07, 6.45) is 0. The van der Waals surface area contributed by atoms with Gasteiger partial charge in [-0.1, -0.05) is 79.7 Å². The lowest BCUT2D eigenvalue weighted by atomic mass is 10.2. The highest BCUT2D eigenvalue weighted by Crippen LogP contribution is 2.36. The van der Waals surface area contributed by atoms with Gasteiger partial charge in [0.05, 0.1) is 17.6 Å². The van der Waals surface area contributed by atoms with Gasteiger partial charge in [-0.15, -0.1) is 10.9 Å². The van der Waals surface area contributed by atoms with Crippen molar-refractivity contribution in [1.29, 1.82) is 0 Å². The number of nitrogens with zero attached hydrogens (tertiary/aromatic N) is 2. The summed E-state index contributed by atoms with van der Waals surface area (Å²) in [6.45, 7) is 7.45. The topological polar surface area (TPSA) is 29.9 Å². The Morgan fingerprint density at radius 1 is 0.794 bits per heavy atom. The van der Waals surface area contributed by atoms with Gasteiger partial charge in [-0.3, -0.25) is 0 Å². The van der Waals surface area contributed by atoms with E-state index in [1.165, 1.54) is 27.0 Å². The molecule has 0 aliphatic carbocycles. The van der Waals surface area contributed by atoms with Gasteiger partial charge in [0.2, 0.25) is 0 Å². The second kappa shape index (κ2) is 10.0. The maximum absolute atomic E-state index is 4.94. The van der Waals surface area contributed by atoms with Crippen molar-refractivity contribution in [1.82, 2.24) is 14.9 Å². The number of hydrogen-bond donors (Lipinski definition) is 1. The first-order valence-corrected chi connectivity index (χ1v) is 13.3. The van der Waals surface area contributed by atoms with E-state index in [0.29, 0.717) is 6.04 Å². The van der Waals surface area contributed by atoms with E-state index in [1.54, 1.807) is 0 Å². The first-order valence-electron chi connectivity index (χ1n) is 12.0. The van der Waals surface area contributed by atoms with E-state index in [1.807, 2.05) is 0 Å². The Morgan fingerprint density at radius 3 is 2.06 bits per heavy atom. The minimum absolute atomic E-state index is 0.211. The first kappa shape index (κ1) is 22.7. The molecule has 0 aliphatic rings. The van der Waals surface area contributed by atoms with E-state index in [9.17, 15) is 0 Å². The van der Waals surface area contributed by atoms with Crippen molar-refractivity contribution < 1.29 is 0 Å². The fourth-order valence-corrected chi connectivity index (χ4v) is 7.28. The van der Waals surface area contributed by atoms with Gasteiger partial charge in [-0.25, -0.2) is 17.1 Å². The summed E-state index contributed by atoms with van der Waals surface area (Å²) in [5.41, 5.74) is 3.63. The third kappa shape index (κ3) is 4.46. The molecule has 4 heteroatoms. The van der Waals surface area contributed by atoms with E-state index in [4.69, 9.17) is 4.98 Å². The molecule has 0 unspecified atom stereocenters. The van der Waals surface area contributed by atoms with Gasteiger partial charge in [0, 0.05) is 6.04 Å². The van der Waals surface area contributed by atoms with Crippen LogP contribution in [-0.4, -0.2) is 9.55 Å². The zero-order chi connectivity index (χ0) is 23.5. The summed E-state index contributed by atoms with van der Waals surface area (Å²) in [5, 5.41) is 7.96. The molecule has 0 aliphatic heterocycles. The van der Waals surface area contributed by atoms with Crippen LogP contribution in [-0.2, 0) is 6.54 Å². The lowest BCUT2D eigenvalue weighted by Gasteiger charge is -2.28. The lowest BCUT2D eigenvalue weighted by molar-refractivity contribution is 0.518. The van der Waals surface area contributed by atoms with Gasteiger partial charge in [-0.2, -0.15) is 6.07 Å². The van der Waals surface area contributed by atoms with Gasteiger partial charge in [-0.05, 0) is 50.6 Å². The predicted molar refractivity (Wildman–Crippen MR) is 146 cm³/mol. The van der Waals surface area contributed by atoms with E-state index in [-0.39, 0.29) is 6.04 Å². The number of fused-ring (bicyclic) bond motifs is 1. The van der Waals surface area contributed by atoms with E-state index in [2.05, 4.69) is 134 Å². The van der Waals surface area contributed by atoms with Gasteiger partial charge in [0.1, 0.15) is 5.82 Å². The second-order valence-corrected chi connectivity index (χ2v) is 11.1. The van der Waals surface area contributed by atoms with Crippen molar-refractivity contribution >= 4 is 34.9 Å². The molecule has 0 radical (unpaired) electrons. The molecule has 1 aromatic heterocycles.